The number of para-hydroxylation sites is 1. The smallest absolute Gasteiger partial charge is 0.253 e. The summed E-state index contributed by atoms with van der Waals surface area (Å²) in [5.74, 6) is -0.0322. The first kappa shape index (κ1) is 12.6. The molecular weight excluding hydrogens is 226 g/mol. The van der Waals surface area contributed by atoms with Crippen LogP contribution in [-0.2, 0) is 0 Å². The maximum Gasteiger partial charge on any atom is 0.253 e. The molecule has 4 nitrogen and oxygen atoms in total. The van der Waals surface area contributed by atoms with E-state index in [0.29, 0.717) is 12.1 Å². The summed E-state index contributed by atoms with van der Waals surface area (Å²) in [4.78, 5) is 17.2. The van der Waals surface area contributed by atoms with Crippen molar-refractivity contribution in [3.8, 4) is 0 Å². The quantitative estimate of drug-likeness (QED) is 0.786. The van der Waals surface area contributed by atoms with Crippen LogP contribution in [0.4, 0.5) is 0 Å². The van der Waals surface area contributed by atoms with Gasteiger partial charge in [0.05, 0.1) is 11.1 Å². The zero-order valence-corrected chi connectivity index (χ0v) is 10.8. The van der Waals surface area contributed by atoms with Gasteiger partial charge >= 0.3 is 0 Å². The Bertz CT molecular complexity index is 531. The number of amides is 1. The molecule has 1 amide bonds. The molecule has 1 aromatic carbocycles. The highest BCUT2D eigenvalue weighted by Crippen LogP contribution is 2.16. The van der Waals surface area contributed by atoms with Crippen molar-refractivity contribution in [2.24, 2.45) is 0 Å². The third-order valence-corrected chi connectivity index (χ3v) is 2.82. The fourth-order valence-electron chi connectivity index (χ4n) is 1.90. The molecule has 95 valence electrons. The van der Waals surface area contributed by atoms with Crippen LogP contribution in [0.25, 0.3) is 10.9 Å². The van der Waals surface area contributed by atoms with Gasteiger partial charge in [-0.3, -0.25) is 4.79 Å². The van der Waals surface area contributed by atoms with Crippen molar-refractivity contribution in [2.75, 3.05) is 27.2 Å². The van der Waals surface area contributed by atoms with E-state index in [-0.39, 0.29) is 5.91 Å². The van der Waals surface area contributed by atoms with Crippen molar-refractivity contribution >= 4 is 16.8 Å². The van der Waals surface area contributed by atoms with Crippen LogP contribution in [0.5, 0.6) is 0 Å². The predicted octanol–water partition coefficient (Wildman–Crippen LogP) is 1.65. The lowest BCUT2D eigenvalue weighted by atomic mass is 10.1. The number of fused-ring (bicyclic) bond motifs is 1. The monoisotopic (exact) mass is 244 g/mol. The molecule has 1 aromatic heterocycles. The minimum absolute atomic E-state index is 0.0322. The second-order valence-electron chi connectivity index (χ2n) is 4.57. The summed E-state index contributed by atoms with van der Waals surface area (Å²) in [5, 5.41) is 3.88. The maximum atomic E-state index is 12.0. The van der Waals surface area contributed by atoms with Gasteiger partial charge in [-0.15, -0.1) is 0 Å². The Hall–Kier alpha value is -1.81. The van der Waals surface area contributed by atoms with Crippen molar-refractivity contribution < 1.29 is 4.79 Å². The molecular formula is C14H18N3O. The molecule has 0 spiro atoms. The number of aromatic nitrogens is 1. The van der Waals surface area contributed by atoms with Crippen molar-refractivity contribution in [1.29, 1.82) is 0 Å². The predicted molar refractivity (Wildman–Crippen MR) is 72.6 cm³/mol. The van der Waals surface area contributed by atoms with Gasteiger partial charge in [0.2, 0.25) is 0 Å². The fraction of sp³-hybridized carbons (Fsp3) is 0.357. The molecule has 2 N–H and O–H groups in total. The molecule has 2 rings (SSSR count). The highest BCUT2D eigenvalue weighted by Gasteiger charge is 2.09. The van der Waals surface area contributed by atoms with Crippen LogP contribution < -0.4 is 5.32 Å². The van der Waals surface area contributed by atoms with Crippen LogP contribution in [-0.4, -0.2) is 43.0 Å². The number of carbonyl (C=O) groups excluding carboxylic acids is 1. The standard InChI is InChI=1S/C14H18N3O/c1-17(2)10-4-8-16-14(18)12-6-3-5-11-7-9-15-13(11)12/h3,5-6,9,15H,4,8,10H2,1-2H3,(H,16,18). The Kier molecular flexibility index (Phi) is 3.99. The van der Waals surface area contributed by atoms with E-state index >= 15 is 0 Å². The lowest BCUT2D eigenvalue weighted by Gasteiger charge is -2.10. The van der Waals surface area contributed by atoms with E-state index in [4.69, 9.17) is 0 Å². The van der Waals surface area contributed by atoms with E-state index in [1.165, 1.54) is 0 Å². The Morgan fingerprint density at radius 1 is 1.44 bits per heavy atom. The highest BCUT2D eigenvalue weighted by atomic mass is 16.1. The zero-order chi connectivity index (χ0) is 13.0. The first-order valence-electron chi connectivity index (χ1n) is 6.09. The van der Waals surface area contributed by atoms with Gasteiger partial charge in [-0.25, -0.2) is 0 Å². The molecule has 0 fully saturated rings. The summed E-state index contributed by atoms with van der Waals surface area (Å²) in [6.45, 7) is 1.67. The van der Waals surface area contributed by atoms with E-state index < -0.39 is 0 Å². The van der Waals surface area contributed by atoms with E-state index in [2.05, 4.69) is 21.3 Å². The second-order valence-corrected chi connectivity index (χ2v) is 4.57. The van der Waals surface area contributed by atoms with Gasteiger partial charge in [-0.1, -0.05) is 12.1 Å². The number of nitrogens with one attached hydrogen (secondary N) is 2. The first-order chi connectivity index (χ1) is 8.68. The number of hydrogen-bond acceptors (Lipinski definition) is 2. The van der Waals surface area contributed by atoms with Crippen molar-refractivity contribution in [1.82, 2.24) is 15.2 Å². The van der Waals surface area contributed by atoms with Crippen molar-refractivity contribution in [3.63, 3.8) is 0 Å². The largest absolute Gasteiger partial charge is 0.360 e. The zero-order valence-electron chi connectivity index (χ0n) is 10.8. The molecule has 1 radical (unpaired) electrons. The van der Waals surface area contributed by atoms with Crippen LogP contribution in [0.3, 0.4) is 0 Å². The number of aromatic amines is 1. The van der Waals surface area contributed by atoms with E-state index in [0.717, 1.165) is 23.9 Å². The van der Waals surface area contributed by atoms with Gasteiger partial charge in [0.15, 0.2) is 0 Å². The average molecular weight is 244 g/mol. The summed E-state index contributed by atoms with van der Waals surface area (Å²) < 4.78 is 0. The SMILES string of the molecule is CN(C)CCCNC(=O)c1cccc2[c]c[nH]c12. The first-order valence-corrected chi connectivity index (χ1v) is 6.09. The number of hydrogen-bond donors (Lipinski definition) is 2. The number of carbonyl (C=O) groups is 1. The minimum Gasteiger partial charge on any atom is -0.360 e. The normalized spacial score (nSPS) is 11.1. The van der Waals surface area contributed by atoms with E-state index in [9.17, 15) is 4.79 Å². The van der Waals surface area contributed by atoms with Gasteiger partial charge in [0.25, 0.3) is 5.91 Å². The summed E-state index contributed by atoms with van der Waals surface area (Å²) in [7, 11) is 4.05. The lowest BCUT2D eigenvalue weighted by Crippen LogP contribution is -2.27. The molecule has 0 bridgehead atoms. The molecule has 0 atom stereocenters. The number of nitrogens with zero attached hydrogens (tertiary/aromatic N) is 1. The molecule has 1 heterocycles. The number of H-pyrrole nitrogens is 1. The Morgan fingerprint density at radius 3 is 3.06 bits per heavy atom. The lowest BCUT2D eigenvalue weighted by molar-refractivity contribution is 0.0954. The van der Waals surface area contributed by atoms with Crippen LogP contribution in [0.1, 0.15) is 16.8 Å². The number of benzene rings is 1. The Balaban J connectivity index is 1.98. The highest BCUT2D eigenvalue weighted by molar-refractivity contribution is 6.05. The molecule has 0 aliphatic rings. The van der Waals surface area contributed by atoms with Crippen LogP contribution in [0, 0.1) is 6.07 Å². The van der Waals surface area contributed by atoms with E-state index in [1.54, 1.807) is 6.20 Å². The topological polar surface area (TPSA) is 48.1 Å². The van der Waals surface area contributed by atoms with Crippen molar-refractivity contribution in [3.05, 3.63) is 36.0 Å². The molecule has 18 heavy (non-hydrogen) atoms. The molecule has 0 aliphatic carbocycles. The molecule has 4 heteroatoms. The van der Waals surface area contributed by atoms with Crippen LogP contribution in [0.15, 0.2) is 24.4 Å². The average Bonchev–Trinajstić information content (AvgIpc) is 2.82. The van der Waals surface area contributed by atoms with Crippen LogP contribution in [0.2, 0.25) is 0 Å². The number of rotatable bonds is 5. The van der Waals surface area contributed by atoms with Gasteiger partial charge in [-0.2, -0.15) is 0 Å². The molecule has 0 aliphatic heterocycles. The molecule has 0 unspecified atom stereocenters. The molecule has 0 saturated carbocycles. The Morgan fingerprint density at radius 2 is 2.28 bits per heavy atom. The Labute approximate surface area is 107 Å². The summed E-state index contributed by atoms with van der Waals surface area (Å²) in [6.07, 6.45) is 2.68. The summed E-state index contributed by atoms with van der Waals surface area (Å²) in [6, 6.07) is 8.70. The van der Waals surface area contributed by atoms with Gasteiger partial charge in [0.1, 0.15) is 0 Å². The second kappa shape index (κ2) is 5.69. The van der Waals surface area contributed by atoms with Gasteiger partial charge < -0.3 is 15.2 Å². The van der Waals surface area contributed by atoms with Crippen LogP contribution >= 0.6 is 0 Å². The van der Waals surface area contributed by atoms with E-state index in [1.807, 2.05) is 32.3 Å². The summed E-state index contributed by atoms with van der Waals surface area (Å²) in [5.41, 5.74) is 1.53. The molecule has 0 saturated heterocycles. The third-order valence-electron chi connectivity index (χ3n) is 2.82. The minimum atomic E-state index is -0.0322. The fourth-order valence-corrected chi connectivity index (χ4v) is 1.90. The van der Waals surface area contributed by atoms with Gasteiger partial charge in [-0.05, 0) is 33.1 Å². The van der Waals surface area contributed by atoms with Crippen molar-refractivity contribution in [2.45, 2.75) is 6.42 Å². The third kappa shape index (κ3) is 2.90. The molecule has 2 aromatic rings. The maximum absolute atomic E-state index is 12.0. The van der Waals surface area contributed by atoms with Gasteiger partial charge in [0, 0.05) is 24.2 Å². The summed E-state index contributed by atoms with van der Waals surface area (Å²) >= 11 is 0.